The number of fused-ring (bicyclic) bond motifs is 1. The molecule has 0 spiro atoms. The number of rotatable bonds is 5. The van der Waals surface area contributed by atoms with Gasteiger partial charge in [0.15, 0.2) is 5.78 Å². The average Bonchev–Trinajstić information content (AvgIpc) is 3.51. The minimum absolute atomic E-state index is 0.0972. The molecule has 2 unspecified atom stereocenters. The Morgan fingerprint density at radius 1 is 1.00 bits per heavy atom. The second kappa shape index (κ2) is 9.75. The molecule has 0 bridgehead atoms. The van der Waals surface area contributed by atoms with Crippen molar-refractivity contribution in [2.24, 2.45) is 0 Å². The van der Waals surface area contributed by atoms with Crippen LogP contribution in [-0.2, 0) is 20.9 Å². The summed E-state index contributed by atoms with van der Waals surface area (Å²) < 4.78 is 24.7. The van der Waals surface area contributed by atoms with E-state index >= 15 is 0 Å². The molecule has 0 fully saturated rings. The lowest BCUT2D eigenvalue weighted by atomic mass is 9.73. The monoisotopic (exact) mass is 540 g/mol. The van der Waals surface area contributed by atoms with Crippen LogP contribution in [-0.4, -0.2) is 35.6 Å². The molecule has 2 atom stereocenters. The molecule has 1 aliphatic carbocycles. The maximum atomic E-state index is 13.6. The van der Waals surface area contributed by atoms with E-state index in [2.05, 4.69) is 5.32 Å². The number of imide groups is 1. The number of hydrogen-bond donors (Lipinski definition) is 1. The number of halogens is 1. The largest absolute Gasteiger partial charge is 0.466 e. The van der Waals surface area contributed by atoms with Gasteiger partial charge in [-0.05, 0) is 61.2 Å². The zero-order valence-corrected chi connectivity index (χ0v) is 21.8. The van der Waals surface area contributed by atoms with Crippen molar-refractivity contribution in [2.75, 3.05) is 7.11 Å². The van der Waals surface area contributed by atoms with Gasteiger partial charge in [-0.15, -0.1) is 0 Å². The van der Waals surface area contributed by atoms with Crippen molar-refractivity contribution in [2.45, 2.75) is 38.1 Å². The topological polar surface area (TPSA) is 106 Å². The molecule has 2 amide bonds. The second-order valence-corrected chi connectivity index (χ2v) is 10.1. The fraction of sp³-hybridized carbons (Fsp3) is 0.226. The molecular weight excluding hydrogens is 515 g/mol. The van der Waals surface area contributed by atoms with Gasteiger partial charge < -0.3 is 14.5 Å². The van der Waals surface area contributed by atoms with E-state index in [0.29, 0.717) is 46.0 Å². The molecule has 1 aromatic heterocycles. The number of allylic oxidation sites excluding steroid dienone is 3. The number of carbonyl (C=O) groups is 4. The first-order valence-corrected chi connectivity index (χ1v) is 12.9. The molecule has 3 aromatic rings. The molecule has 202 valence electrons. The summed E-state index contributed by atoms with van der Waals surface area (Å²) in [7, 11) is 1.27. The molecule has 2 aromatic carbocycles. The van der Waals surface area contributed by atoms with E-state index in [1.807, 2.05) is 0 Å². The van der Waals surface area contributed by atoms with E-state index in [9.17, 15) is 23.6 Å². The first kappa shape index (κ1) is 25.5. The minimum Gasteiger partial charge on any atom is -0.466 e. The molecule has 0 saturated carbocycles. The van der Waals surface area contributed by atoms with Crippen molar-refractivity contribution in [3.8, 4) is 0 Å². The van der Waals surface area contributed by atoms with Crippen LogP contribution >= 0.6 is 0 Å². The molecule has 1 N–H and O–H groups in total. The van der Waals surface area contributed by atoms with E-state index in [1.54, 1.807) is 55.5 Å². The normalized spacial score (nSPS) is 20.5. The summed E-state index contributed by atoms with van der Waals surface area (Å²) in [5.74, 6) is -2.27. The minimum atomic E-state index is -0.832. The lowest BCUT2D eigenvalue weighted by Gasteiger charge is -2.35. The number of hydrogen-bond acceptors (Lipinski definition) is 7. The van der Waals surface area contributed by atoms with Crippen molar-refractivity contribution in [1.29, 1.82) is 0 Å². The van der Waals surface area contributed by atoms with Gasteiger partial charge in [-0.25, -0.2) is 9.18 Å². The molecule has 3 aliphatic rings. The van der Waals surface area contributed by atoms with Crippen molar-refractivity contribution in [3.63, 3.8) is 0 Å². The van der Waals surface area contributed by atoms with E-state index in [0.717, 1.165) is 10.5 Å². The van der Waals surface area contributed by atoms with Gasteiger partial charge in [0.25, 0.3) is 11.8 Å². The number of carbonyl (C=O) groups excluding carboxylic acids is 4. The zero-order chi connectivity index (χ0) is 28.1. The SMILES string of the molecule is COC(=O)C1=C(C)NC2=C(C(=O)CC(c3ccc(F)cc3)C2)C1c1ccc(CN2C(=O)c3ccccc3C2=O)o1. The molecule has 6 rings (SSSR count). The third kappa shape index (κ3) is 4.14. The number of esters is 1. The molecule has 8 nitrogen and oxygen atoms in total. The quantitative estimate of drug-likeness (QED) is 0.368. The van der Waals surface area contributed by atoms with Crippen molar-refractivity contribution < 1.29 is 32.7 Å². The van der Waals surface area contributed by atoms with Gasteiger partial charge in [-0.2, -0.15) is 0 Å². The van der Waals surface area contributed by atoms with Crippen LogP contribution in [0.5, 0.6) is 0 Å². The average molecular weight is 541 g/mol. The molecule has 2 aliphatic heterocycles. The number of nitrogens with one attached hydrogen (secondary N) is 1. The Morgan fingerprint density at radius 2 is 1.68 bits per heavy atom. The number of benzene rings is 2. The van der Waals surface area contributed by atoms with Crippen LogP contribution in [0.1, 0.15) is 69.4 Å². The van der Waals surface area contributed by atoms with Gasteiger partial charge in [0.1, 0.15) is 17.3 Å². The fourth-order valence-electron chi connectivity index (χ4n) is 5.85. The van der Waals surface area contributed by atoms with E-state index in [4.69, 9.17) is 9.15 Å². The Balaban J connectivity index is 1.34. The highest BCUT2D eigenvalue weighted by molar-refractivity contribution is 6.21. The summed E-state index contributed by atoms with van der Waals surface area (Å²) in [4.78, 5) is 53.4. The fourth-order valence-corrected chi connectivity index (χ4v) is 5.85. The maximum Gasteiger partial charge on any atom is 0.336 e. The van der Waals surface area contributed by atoms with Crippen molar-refractivity contribution in [3.05, 3.63) is 117 Å². The first-order valence-electron chi connectivity index (χ1n) is 12.9. The summed E-state index contributed by atoms with van der Waals surface area (Å²) in [6.45, 7) is 1.64. The Morgan fingerprint density at radius 3 is 2.33 bits per heavy atom. The van der Waals surface area contributed by atoms with Gasteiger partial charge in [0, 0.05) is 23.4 Å². The molecule has 0 radical (unpaired) electrons. The Labute approximate surface area is 229 Å². The van der Waals surface area contributed by atoms with Gasteiger partial charge in [-0.3, -0.25) is 19.3 Å². The Bertz CT molecular complexity index is 1610. The molecular formula is C31H25FN2O6. The predicted octanol–water partition coefficient (Wildman–Crippen LogP) is 4.75. The van der Waals surface area contributed by atoms with Crippen LogP contribution in [0.2, 0.25) is 0 Å². The van der Waals surface area contributed by atoms with Gasteiger partial charge in [-0.1, -0.05) is 24.3 Å². The van der Waals surface area contributed by atoms with Crippen LogP contribution in [0.4, 0.5) is 4.39 Å². The van der Waals surface area contributed by atoms with Crippen LogP contribution in [0.25, 0.3) is 0 Å². The summed E-state index contributed by atoms with van der Waals surface area (Å²) in [5.41, 5.74) is 3.37. The molecule has 9 heteroatoms. The number of dihydropyridines is 1. The number of amides is 2. The molecule has 3 heterocycles. The number of furan rings is 1. The first-order chi connectivity index (χ1) is 19.3. The lowest BCUT2D eigenvalue weighted by Crippen LogP contribution is -2.35. The van der Waals surface area contributed by atoms with E-state index in [1.165, 1.54) is 19.2 Å². The predicted molar refractivity (Wildman–Crippen MR) is 140 cm³/mol. The highest BCUT2D eigenvalue weighted by Gasteiger charge is 2.43. The van der Waals surface area contributed by atoms with Crippen LogP contribution in [0.3, 0.4) is 0 Å². The zero-order valence-electron chi connectivity index (χ0n) is 21.8. The number of Topliss-reactive ketones (excluding diaryl/α,β-unsaturated/α-hetero) is 1. The molecule has 0 saturated heterocycles. The third-order valence-electron chi connectivity index (χ3n) is 7.73. The van der Waals surface area contributed by atoms with Crippen LogP contribution < -0.4 is 5.32 Å². The standard InChI is InChI=1S/C31H25FN2O6/c1-16-26(31(38)39-2)28(27-23(33-16)13-18(14-24(27)35)17-7-9-19(32)10-8-17)25-12-11-20(40-25)15-34-29(36)21-5-3-4-6-22(21)30(34)37/h3-12,18,28,33H,13-15H2,1-2H3. The summed E-state index contributed by atoms with van der Waals surface area (Å²) in [5, 5.41) is 3.24. The summed E-state index contributed by atoms with van der Waals surface area (Å²) in [6, 6.07) is 16.0. The van der Waals surface area contributed by atoms with E-state index < -0.39 is 23.7 Å². The smallest absolute Gasteiger partial charge is 0.336 e. The van der Waals surface area contributed by atoms with Gasteiger partial charge in [0.2, 0.25) is 0 Å². The van der Waals surface area contributed by atoms with E-state index in [-0.39, 0.29) is 36.1 Å². The number of methoxy groups -OCH3 is 1. The Kier molecular flexibility index (Phi) is 6.21. The number of nitrogens with zero attached hydrogens (tertiary/aromatic N) is 1. The maximum absolute atomic E-state index is 13.6. The summed E-state index contributed by atoms with van der Waals surface area (Å²) in [6.07, 6.45) is 0.663. The highest BCUT2D eigenvalue weighted by atomic mass is 19.1. The number of ketones is 1. The highest BCUT2D eigenvalue weighted by Crippen LogP contribution is 2.46. The van der Waals surface area contributed by atoms with Crippen molar-refractivity contribution in [1.82, 2.24) is 10.2 Å². The summed E-state index contributed by atoms with van der Waals surface area (Å²) >= 11 is 0. The lowest BCUT2D eigenvalue weighted by molar-refractivity contribution is -0.136. The second-order valence-electron chi connectivity index (χ2n) is 10.1. The third-order valence-corrected chi connectivity index (χ3v) is 7.73. The molecule has 40 heavy (non-hydrogen) atoms. The van der Waals surface area contributed by atoms with Gasteiger partial charge in [0.05, 0.1) is 36.3 Å². The van der Waals surface area contributed by atoms with Gasteiger partial charge >= 0.3 is 5.97 Å². The number of ether oxygens (including phenoxy) is 1. The van der Waals surface area contributed by atoms with Crippen LogP contribution in [0, 0.1) is 5.82 Å². The Hall–Kier alpha value is -4.79. The van der Waals surface area contributed by atoms with Crippen LogP contribution in [0.15, 0.2) is 87.6 Å². The van der Waals surface area contributed by atoms with Crippen molar-refractivity contribution >= 4 is 23.6 Å².